The molecule has 0 saturated heterocycles. The zero-order chi connectivity index (χ0) is 15.4. The van der Waals surface area contributed by atoms with Crippen LogP contribution in [0, 0.1) is 0 Å². The molecule has 2 atom stereocenters. The Labute approximate surface area is 123 Å². The summed E-state index contributed by atoms with van der Waals surface area (Å²) in [7, 11) is -2.20. The highest BCUT2D eigenvalue weighted by atomic mass is 32.2. The number of benzene rings is 1. The first-order valence-corrected chi connectivity index (χ1v) is 8.95. The minimum absolute atomic E-state index is 0.487. The lowest BCUT2D eigenvalue weighted by Gasteiger charge is -2.28. The maximum Gasteiger partial charge on any atom is 0.352 e. The second-order valence-electron chi connectivity index (χ2n) is 5.22. The first kappa shape index (κ1) is 17.5. The maximum atomic E-state index is 12.7. The number of hydrogen-bond donors (Lipinski definition) is 1. The van der Waals surface area contributed by atoms with Crippen LogP contribution in [-0.4, -0.2) is 23.2 Å². The molecule has 0 aliphatic heterocycles. The van der Waals surface area contributed by atoms with Gasteiger partial charge in [-0.15, -0.1) is 0 Å². The third-order valence-electron chi connectivity index (χ3n) is 2.72. The van der Waals surface area contributed by atoms with Gasteiger partial charge in [-0.05, 0) is 26.3 Å². The fraction of sp³-hybridized carbons (Fsp3) is 0.538. The highest BCUT2D eigenvalue weighted by Crippen LogP contribution is 2.58. The van der Waals surface area contributed by atoms with E-state index in [1.54, 1.807) is 12.1 Å². The van der Waals surface area contributed by atoms with Gasteiger partial charge in [-0.25, -0.2) is 8.93 Å². The molecule has 0 spiro atoms. The normalized spacial score (nSPS) is 15.8. The lowest BCUT2D eigenvalue weighted by Crippen LogP contribution is -2.36. The van der Waals surface area contributed by atoms with Crippen LogP contribution in [-0.2, 0) is 24.6 Å². The second-order valence-corrected chi connectivity index (χ2v) is 9.54. The Balaban J connectivity index is 3.16. The average molecular weight is 319 g/mol. The molecule has 0 radical (unpaired) electrons. The Morgan fingerprint density at radius 1 is 1.15 bits per heavy atom. The van der Waals surface area contributed by atoms with Gasteiger partial charge in [-0.3, -0.25) is 4.57 Å². The summed E-state index contributed by atoms with van der Waals surface area (Å²) >= 11 is 0. The lowest BCUT2D eigenvalue weighted by molar-refractivity contribution is 0.264. The van der Waals surface area contributed by atoms with Gasteiger partial charge in [-0.2, -0.15) is 0 Å². The highest BCUT2D eigenvalue weighted by molar-refractivity contribution is 7.84. The summed E-state index contributed by atoms with van der Waals surface area (Å²) in [5.74, 6) is -0.779. The zero-order valence-corrected chi connectivity index (χ0v) is 14.2. The third-order valence-corrected chi connectivity index (χ3v) is 6.53. The summed E-state index contributed by atoms with van der Waals surface area (Å²) < 4.78 is 37.5. The van der Waals surface area contributed by atoms with Gasteiger partial charge < -0.3 is 9.05 Å². The van der Waals surface area contributed by atoms with E-state index in [0.717, 1.165) is 0 Å². The molecule has 0 amide bonds. The van der Waals surface area contributed by atoms with Gasteiger partial charge in [0.05, 0.1) is 15.7 Å². The van der Waals surface area contributed by atoms with Crippen molar-refractivity contribution in [1.82, 2.24) is 4.72 Å². The predicted octanol–water partition coefficient (Wildman–Crippen LogP) is 3.22. The van der Waals surface area contributed by atoms with Crippen molar-refractivity contribution in [3.63, 3.8) is 0 Å². The molecule has 1 aromatic carbocycles. The van der Waals surface area contributed by atoms with E-state index < -0.39 is 29.1 Å². The molecular formula is C13H22NO4PS. The molecular weight excluding hydrogens is 297 g/mol. The van der Waals surface area contributed by atoms with Crippen LogP contribution >= 0.6 is 7.60 Å². The zero-order valence-electron chi connectivity index (χ0n) is 12.5. The van der Waals surface area contributed by atoms with Gasteiger partial charge in [0.15, 0.2) is 0 Å². The molecule has 0 fully saturated rings. The predicted molar refractivity (Wildman–Crippen MR) is 81.8 cm³/mol. The van der Waals surface area contributed by atoms with Gasteiger partial charge in [0.25, 0.3) is 0 Å². The summed E-state index contributed by atoms with van der Waals surface area (Å²) in [5.41, 5.74) is 0.706. The van der Waals surface area contributed by atoms with Crippen LogP contribution in [0.1, 0.15) is 32.1 Å². The number of rotatable bonds is 6. The van der Waals surface area contributed by atoms with Gasteiger partial charge >= 0.3 is 7.60 Å². The van der Waals surface area contributed by atoms with Crippen molar-refractivity contribution in [1.29, 1.82) is 0 Å². The van der Waals surface area contributed by atoms with Crippen molar-refractivity contribution >= 4 is 18.6 Å². The fourth-order valence-corrected chi connectivity index (χ4v) is 4.12. The van der Waals surface area contributed by atoms with Gasteiger partial charge in [0, 0.05) is 14.2 Å². The summed E-state index contributed by atoms with van der Waals surface area (Å²) in [4.78, 5) is 0. The molecule has 0 bridgehead atoms. The topological polar surface area (TPSA) is 64.6 Å². The first-order valence-electron chi connectivity index (χ1n) is 6.19. The number of hydrogen-bond acceptors (Lipinski definition) is 4. The minimum atomic E-state index is -3.44. The summed E-state index contributed by atoms with van der Waals surface area (Å²) in [6, 6.07) is 9.08. The molecule has 1 rings (SSSR count). The van der Waals surface area contributed by atoms with Crippen LogP contribution in [0.3, 0.4) is 0 Å². The third kappa shape index (κ3) is 4.24. The molecule has 114 valence electrons. The Bertz CT molecular complexity index is 493. The van der Waals surface area contributed by atoms with Crippen LogP contribution in [0.5, 0.6) is 0 Å². The van der Waals surface area contributed by atoms with Crippen LogP contribution in [0.4, 0.5) is 0 Å². The maximum absolute atomic E-state index is 12.7. The average Bonchev–Trinajstić information content (AvgIpc) is 2.43. The molecule has 20 heavy (non-hydrogen) atoms. The van der Waals surface area contributed by atoms with Crippen molar-refractivity contribution in [3.05, 3.63) is 35.9 Å². The van der Waals surface area contributed by atoms with Crippen LogP contribution in [0.25, 0.3) is 0 Å². The molecule has 1 N–H and O–H groups in total. The van der Waals surface area contributed by atoms with Gasteiger partial charge in [-0.1, -0.05) is 30.3 Å². The first-order chi connectivity index (χ1) is 9.24. The van der Waals surface area contributed by atoms with E-state index in [2.05, 4.69) is 4.72 Å². The molecule has 0 heterocycles. The number of nitrogens with one attached hydrogen (secondary N) is 1. The van der Waals surface area contributed by atoms with Crippen molar-refractivity contribution in [3.8, 4) is 0 Å². The Kier molecular flexibility index (Phi) is 6.10. The van der Waals surface area contributed by atoms with E-state index in [0.29, 0.717) is 5.56 Å². The molecule has 5 nitrogen and oxygen atoms in total. The quantitative estimate of drug-likeness (QED) is 0.818. The lowest BCUT2D eigenvalue weighted by atomic mass is 10.2. The Hall–Kier alpha value is -0.520. The van der Waals surface area contributed by atoms with Gasteiger partial charge in [0.2, 0.25) is 0 Å². The molecule has 0 aromatic heterocycles. The largest absolute Gasteiger partial charge is 0.352 e. The monoisotopic (exact) mass is 319 g/mol. The molecule has 0 aliphatic carbocycles. The van der Waals surface area contributed by atoms with Crippen molar-refractivity contribution in [2.24, 2.45) is 0 Å². The minimum Gasteiger partial charge on any atom is -0.311 e. The van der Waals surface area contributed by atoms with E-state index in [-0.39, 0.29) is 0 Å². The van der Waals surface area contributed by atoms with Crippen LogP contribution in [0.15, 0.2) is 30.3 Å². The van der Waals surface area contributed by atoms with Crippen molar-refractivity contribution in [2.75, 3.05) is 14.2 Å². The Morgan fingerprint density at radius 2 is 1.65 bits per heavy atom. The molecule has 0 saturated carbocycles. The molecule has 1 aromatic rings. The summed E-state index contributed by atoms with van der Waals surface area (Å²) in [6.07, 6.45) is 0. The standard InChI is InChI=1S/C13H22NO4PS/c1-13(2,3)20(16)14-12(19(15,17-4)18-5)11-9-7-6-8-10-11/h6-10,12,14H,1-5H3/t12-,20?/m1/s1. The SMILES string of the molecule is COP(=O)(OC)[C@@H](NS(=O)C(C)(C)C)c1ccccc1. The molecule has 1 unspecified atom stereocenters. The van der Waals surface area contributed by atoms with Crippen LogP contribution < -0.4 is 4.72 Å². The molecule has 7 heteroatoms. The van der Waals surface area contributed by atoms with E-state index >= 15 is 0 Å². The molecule has 0 aliphatic rings. The van der Waals surface area contributed by atoms with E-state index in [1.807, 2.05) is 39.0 Å². The van der Waals surface area contributed by atoms with Gasteiger partial charge in [0.1, 0.15) is 5.78 Å². The summed E-state index contributed by atoms with van der Waals surface area (Å²) in [6.45, 7) is 5.51. The second kappa shape index (κ2) is 6.96. The fourth-order valence-electron chi connectivity index (χ4n) is 1.51. The van der Waals surface area contributed by atoms with Crippen molar-refractivity contribution in [2.45, 2.75) is 31.3 Å². The van der Waals surface area contributed by atoms with E-state index in [9.17, 15) is 8.77 Å². The smallest absolute Gasteiger partial charge is 0.311 e. The highest BCUT2D eigenvalue weighted by Gasteiger charge is 2.38. The van der Waals surface area contributed by atoms with Crippen molar-refractivity contribution < 1.29 is 17.8 Å². The van der Waals surface area contributed by atoms with E-state index in [1.165, 1.54) is 14.2 Å². The van der Waals surface area contributed by atoms with Crippen LogP contribution in [0.2, 0.25) is 0 Å². The van der Waals surface area contributed by atoms with E-state index in [4.69, 9.17) is 9.05 Å². The Morgan fingerprint density at radius 3 is 2.05 bits per heavy atom. The summed E-state index contributed by atoms with van der Waals surface area (Å²) in [5, 5.41) is 0.